The van der Waals surface area contributed by atoms with Crippen molar-refractivity contribution in [3.05, 3.63) is 34.0 Å². The molecule has 4 aliphatic rings. The van der Waals surface area contributed by atoms with Crippen LogP contribution in [0.15, 0.2) is 23.6 Å². The van der Waals surface area contributed by atoms with Crippen molar-refractivity contribution in [3.63, 3.8) is 0 Å². The largest absolute Gasteiger partial charge is 0.417 e. The number of halogens is 3. The number of rotatable bonds is 4. The van der Waals surface area contributed by atoms with Crippen molar-refractivity contribution in [2.45, 2.75) is 57.7 Å². The van der Waals surface area contributed by atoms with Crippen LogP contribution < -0.4 is 11.1 Å². The van der Waals surface area contributed by atoms with E-state index in [4.69, 9.17) is 5.73 Å². The summed E-state index contributed by atoms with van der Waals surface area (Å²) in [5.74, 6) is 1.84. The van der Waals surface area contributed by atoms with Gasteiger partial charge >= 0.3 is 6.18 Å². The van der Waals surface area contributed by atoms with E-state index in [-0.39, 0.29) is 37.9 Å². The topological polar surface area (TPSA) is 68.0 Å². The van der Waals surface area contributed by atoms with Crippen molar-refractivity contribution in [1.29, 1.82) is 0 Å². The Morgan fingerprint density at radius 2 is 1.85 bits per heavy atom. The molecule has 4 aliphatic carbocycles. The Balaban J connectivity index is 1.35. The Bertz CT molecular complexity index is 1230. The van der Waals surface area contributed by atoms with Gasteiger partial charge in [0.1, 0.15) is 9.71 Å². The SMILES string of the molecule is CC(NC(=O)c1sc2nc(-c3cccs3)cc(C(F)(F)F)c2c1N)C12CC3CC(CC(C3)C1)C2. The van der Waals surface area contributed by atoms with Gasteiger partial charge in [-0.3, -0.25) is 4.79 Å². The molecule has 180 valence electrons. The van der Waals surface area contributed by atoms with E-state index in [0.717, 1.165) is 54.4 Å². The number of thiophene rings is 2. The summed E-state index contributed by atoms with van der Waals surface area (Å²) >= 11 is 2.27. The lowest BCUT2D eigenvalue weighted by Gasteiger charge is -2.59. The van der Waals surface area contributed by atoms with Gasteiger partial charge in [0.15, 0.2) is 0 Å². The van der Waals surface area contributed by atoms with Crippen LogP contribution in [0.2, 0.25) is 0 Å². The number of nitrogens with zero attached hydrogens (tertiary/aromatic N) is 1. The zero-order valence-electron chi connectivity index (χ0n) is 18.7. The summed E-state index contributed by atoms with van der Waals surface area (Å²) in [6.07, 6.45) is 2.71. The number of fused-ring (bicyclic) bond motifs is 1. The normalized spacial score (nSPS) is 29.0. The van der Waals surface area contributed by atoms with E-state index in [2.05, 4.69) is 17.2 Å². The number of carbonyl (C=O) groups is 1. The Labute approximate surface area is 203 Å². The molecule has 0 spiro atoms. The van der Waals surface area contributed by atoms with Crippen molar-refractivity contribution in [1.82, 2.24) is 10.3 Å². The van der Waals surface area contributed by atoms with Crippen LogP contribution in [0.4, 0.5) is 18.9 Å². The third kappa shape index (κ3) is 3.54. The fourth-order valence-corrected chi connectivity index (χ4v) is 8.90. The van der Waals surface area contributed by atoms with E-state index in [1.165, 1.54) is 30.6 Å². The number of pyridine rings is 1. The van der Waals surface area contributed by atoms with Gasteiger partial charge in [0, 0.05) is 11.4 Å². The molecule has 1 unspecified atom stereocenters. The highest BCUT2D eigenvalue weighted by Crippen LogP contribution is 2.61. The highest BCUT2D eigenvalue weighted by atomic mass is 32.1. The highest BCUT2D eigenvalue weighted by molar-refractivity contribution is 7.21. The van der Waals surface area contributed by atoms with E-state index in [1.54, 1.807) is 17.5 Å². The third-order valence-corrected chi connectivity index (χ3v) is 10.3. The first-order valence-corrected chi connectivity index (χ1v) is 13.5. The smallest absolute Gasteiger partial charge is 0.397 e. The van der Waals surface area contributed by atoms with Gasteiger partial charge in [-0.25, -0.2) is 4.98 Å². The fraction of sp³-hybridized carbons (Fsp3) is 0.520. The molecule has 3 N–H and O–H groups in total. The number of hydrogen-bond acceptors (Lipinski definition) is 5. The highest BCUT2D eigenvalue weighted by Gasteiger charge is 2.53. The molecule has 0 aliphatic heterocycles. The molecule has 7 rings (SSSR count). The van der Waals surface area contributed by atoms with Gasteiger partial charge in [-0.1, -0.05) is 6.07 Å². The molecule has 3 aromatic rings. The summed E-state index contributed by atoms with van der Waals surface area (Å²) in [6, 6.07) is 4.50. The fourth-order valence-electron chi connectivity index (χ4n) is 7.19. The Kier molecular flexibility index (Phi) is 5.05. The number of alkyl halides is 3. The first-order valence-electron chi connectivity index (χ1n) is 11.8. The molecule has 1 amide bonds. The number of hydrogen-bond donors (Lipinski definition) is 2. The molecule has 3 heterocycles. The lowest BCUT2D eigenvalue weighted by Crippen LogP contribution is -2.55. The number of amides is 1. The van der Waals surface area contributed by atoms with Gasteiger partial charge in [-0.15, -0.1) is 22.7 Å². The Morgan fingerprint density at radius 1 is 1.21 bits per heavy atom. The van der Waals surface area contributed by atoms with Gasteiger partial charge in [0.05, 0.1) is 21.8 Å². The standard InChI is InChI=1S/C25H26F3N3OS2/c1-12(24-9-13-5-14(10-24)7-15(6-13)11-24)30-22(32)21-20(29)19-16(25(26,27)28)8-17(31-23(19)34-21)18-3-2-4-33-18/h2-4,8,12-15H,5-7,9-11,29H2,1H3,(H,30,32). The minimum Gasteiger partial charge on any atom is -0.397 e. The summed E-state index contributed by atoms with van der Waals surface area (Å²) < 4.78 is 42.0. The zero-order chi connectivity index (χ0) is 23.8. The number of carbonyl (C=O) groups excluding carboxylic acids is 1. The molecule has 4 fully saturated rings. The van der Waals surface area contributed by atoms with E-state index in [0.29, 0.717) is 4.88 Å². The molecule has 4 nitrogen and oxygen atoms in total. The predicted molar refractivity (Wildman–Crippen MR) is 130 cm³/mol. The Morgan fingerprint density at radius 3 is 2.41 bits per heavy atom. The maximum atomic E-state index is 14.0. The average Bonchev–Trinajstić information content (AvgIpc) is 3.40. The second-order valence-corrected chi connectivity index (χ2v) is 12.5. The molecule has 4 bridgehead atoms. The minimum atomic E-state index is -4.61. The average molecular weight is 506 g/mol. The van der Waals surface area contributed by atoms with Crippen molar-refractivity contribution >= 4 is 44.5 Å². The van der Waals surface area contributed by atoms with E-state index < -0.39 is 17.6 Å². The van der Waals surface area contributed by atoms with Crippen LogP contribution in [0.25, 0.3) is 20.8 Å². The molecule has 34 heavy (non-hydrogen) atoms. The van der Waals surface area contributed by atoms with Crippen molar-refractivity contribution in [3.8, 4) is 10.6 Å². The number of aromatic nitrogens is 1. The Hall–Kier alpha value is -2.13. The maximum absolute atomic E-state index is 14.0. The second-order valence-electron chi connectivity index (χ2n) is 10.5. The zero-order valence-corrected chi connectivity index (χ0v) is 20.4. The number of nitrogens with two attached hydrogens (primary N) is 1. The van der Waals surface area contributed by atoms with Crippen LogP contribution in [0.5, 0.6) is 0 Å². The van der Waals surface area contributed by atoms with Gasteiger partial charge in [0.2, 0.25) is 0 Å². The lowest BCUT2D eigenvalue weighted by molar-refractivity contribution is -0.136. The van der Waals surface area contributed by atoms with Gasteiger partial charge in [0.25, 0.3) is 5.91 Å². The van der Waals surface area contributed by atoms with Gasteiger partial charge < -0.3 is 11.1 Å². The van der Waals surface area contributed by atoms with Crippen LogP contribution >= 0.6 is 22.7 Å². The van der Waals surface area contributed by atoms with Crippen molar-refractivity contribution < 1.29 is 18.0 Å². The van der Waals surface area contributed by atoms with Gasteiger partial charge in [-0.05, 0) is 86.1 Å². The van der Waals surface area contributed by atoms with Crippen molar-refractivity contribution in [2.75, 3.05) is 5.73 Å². The molecule has 0 saturated heterocycles. The molecule has 0 aromatic carbocycles. The molecule has 4 saturated carbocycles. The first-order chi connectivity index (χ1) is 16.1. The van der Waals surface area contributed by atoms with Crippen LogP contribution in [0.3, 0.4) is 0 Å². The molecular formula is C25H26F3N3OS2. The number of nitrogen functional groups attached to an aromatic ring is 1. The van der Waals surface area contributed by atoms with Crippen LogP contribution in [0, 0.1) is 23.2 Å². The molecule has 1 atom stereocenters. The molecular weight excluding hydrogens is 479 g/mol. The molecule has 0 radical (unpaired) electrons. The molecule has 9 heteroatoms. The third-order valence-electron chi connectivity index (χ3n) is 8.34. The van der Waals surface area contributed by atoms with Crippen LogP contribution in [-0.4, -0.2) is 16.9 Å². The number of anilines is 1. The first kappa shape index (κ1) is 22.3. The summed E-state index contributed by atoms with van der Waals surface area (Å²) in [7, 11) is 0. The second kappa shape index (κ2) is 7.68. The van der Waals surface area contributed by atoms with E-state index >= 15 is 0 Å². The summed E-state index contributed by atoms with van der Waals surface area (Å²) in [5, 5.41) is 4.76. The number of nitrogens with one attached hydrogen (secondary N) is 1. The predicted octanol–water partition coefficient (Wildman–Crippen LogP) is 6.96. The quantitative estimate of drug-likeness (QED) is 0.403. The van der Waals surface area contributed by atoms with E-state index in [1.807, 2.05) is 0 Å². The maximum Gasteiger partial charge on any atom is 0.417 e. The summed E-state index contributed by atoms with van der Waals surface area (Å²) in [6.45, 7) is 2.06. The van der Waals surface area contributed by atoms with Crippen LogP contribution in [-0.2, 0) is 6.18 Å². The van der Waals surface area contributed by atoms with E-state index in [9.17, 15) is 18.0 Å². The summed E-state index contributed by atoms with van der Waals surface area (Å²) in [5.41, 5.74) is 5.56. The summed E-state index contributed by atoms with van der Waals surface area (Å²) in [4.78, 5) is 18.7. The van der Waals surface area contributed by atoms with Crippen LogP contribution in [0.1, 0.15) is 60.7 Å². The lowest BCUT2D eigenvalue weighted by atomic mass is 9.48. The minimum absolute atomic E-state index is 0.0465. The monoisotopic (exact) mass is 505 g/mol. The van der Waals surface area contributed by atoms with Gasteiger partial charge in [-0.2, -0.15) is 13.2 Å². The van der Waals surface area contributed by atoms with Crippen molar-refractivity contribution in [2.24, 2.45) is 23.2 Å². The molecule has 3 aromatic heterocycles.